The summed E-state index contributed by atoms with van der Waals surface area (Å²) in [6, 6.07) is 0. The van der Waals surface area contributed by atoms with Crippen LogP contribution in [-0.2, 0) is 0 Å². The largest absolute Gasteiger partial charge is 0.390 e. The Hall–Kier alpha value is -0.0400. The minimum atomic E-state index is -0.273. The summed E-state index contributed by atoms with van der Waals surface area (Å²) in [6.45, 7) is 6.69. The first kappa shape index (κ1) is 10.0. The lowest BCUT2D eigenvalue weighted by Gasteiger charge is -2.46. The number of aliphatic hydroxyl groups is 1. The molecule has 0 atom stereocenters. The molecule has 1 saturated carbocycles. The van der Waals surface area contributed by atoms with E-state index in [4.69, 9.17) is 0 Å². The van der Waals surface area contributed by atoms with E-state index < -0.39 is 0 Å². The summed E-state index contributed by atoms with van der Waals surface area (Å²) in [5.74, 6) is 1.54. The molecule has 1 N–H and O–H groups in total. The lowest BCUT2D eigenvalue weighted by molar-refractivity contribution is -0.0934. The van der Waals surface area contributed by atoms with E-state index in [1.54, 1.807) is 0 Å². The van der Waals surface area contributed by atoms with Crippen molar-refractivity contribution in [3.63, 3.8) is 0 Å². The van der Waals surface area contributed by atoms with Crippen LogP contribution in [0.25, 0.3) is 0 Å². The molecule has 1 nitrogen and oxygen atoms in total. The van der Waals surface area contributed by atoms with Crippen molar-refractivity contribution in [3.8, 4) is 0 Å². The van der Waals surface area contributed by atoms with Gasteiger partial charge in [0.15, 0.2) is 0 Å². The molecule has 1 aliphatic carbocycles. The zero-order valence-electron chi connectivity index (χ0n) is 8.64. The molecular formula is C11H22O. The summed E-state index contributed by atoms with van der Waals surface area (Å²) in [5.41, 5.74) is -0.273. The van der Waals surface area contributed by atoms with Gasteiger partial charge in [0.25, 0.3) is 0 Å². The smallest absolute Gasteiger partial charge is 0.0653 e. The number of hydrogen-bond donors (Lipinski definition) is 1. The van der Waals surface area contributed by atoms with Crippen LogP contribution in [0.5, 0.6) is 0 Å². The summed E-state index contributed by atoms with van der Waals surface area (Å²) >= 11 is 0. The molecule has 1 aliphatic rings. The van der Waals surface area contributed by atoms with Crippen LogP contribution >= 0.6 is 0 Å². The minimum absolute atomic E-state index is 0.273. The summed E-state index contributed by atoms with van der Waals surface area (Å²) in [6.07, 6.45) is 5.50. The van der Waals surface area contributed by atoms with Crippen molar-refractivity contribution in [2.24, 2.45) is 11.8 Å². The zero-order valence-corrected chi connectivity index (χ0v) is 8.64. The average Bonchev–Trinajstić information content (AvgIpc) is 1.95. The van der Waals surface area contributed by atoms with E-state index in [1.165, 1.54) is 12.8 Å². The highest BCUT2D eigenvalue weighted by molar-refractivity contribution is 4.94. The molecule has 0 heterocycles. The monoisotopic (exact) mass is 170 g/mol. The molecule has 0 unspecified atom stereocenters. The van der Waals surface area contributed by atoms with Gasteiger partial charge in [-0.15, -0.1) is 0 Å². The predicted molar refractivity (Wildman–Crippen MR) is 52.0 cm³/mol. The molecule has 0 aliphatic heterocycles. The lowest BCUT2D eigenvalue weighted by atomic mass is 9.64. The minimum Gasteiger partial charge on any atom is -0.390 e. The van der Waals surface area contributed by atoms with E-state index in [0.717, 1.165) is 31.1 Å². The zero-order chi connectivity index (χ0) is 9.19. The second-order valence-electron chi connectivity index (χ2n) is 4.74. The van der Waals surface area contributed by atoms with Gasteiger partial charge in [-0.05, 0) is 31.1 Å². The highest BCUT2D eigenvalue weighted by Crippen LogP contribution is 2.44. The fourth-order valence-electron chi connectivity index (χ4n) is 2.10. The van der Waals surface area contributed by atoms with Crippen LogP contribution < -0.4 is 0 Å². The molecule has 72 valence electrons. The van der Waals surface area contributed by atoms with Gasteiger partial charge in [0.05, 0.1) is 5.60 Å². The normalized spacial score (nSPS) is 35.2. The second-order valence-corrected chi connectivity index (χ2v) is 4.74. The first-order chi connectivity index (χ1) is 5.57. The number of rotatable bonds is 4. The molecule has 0 amide bonds. The topological polar surface area (TPSA) is 20.2 Å². The van der Waals surface area contributed by atoms with Gasteiger partial charge in [-0.3, -0.25) is 0 Å². The molecule has 0 aromatic rings. The van der Waals surface area contributed by atoms with Crippen molar-refractivity contribution >= 4 is 0 Å². The third-order valence-electron chi connectivity index (χ3n) is 3.22. The van der Waals surface area contributed by atoms with Crippen molar-refractivity contribution < 1.29 is 5.11 Å². The maximum Gasteiger partial charge on any atom is 0.0653 e. The molecule has 1 heteroatoms. The van der Waals surface area contributed by atoms with Gasteiger partial charge in [-0.1, -0.05) is 33.6 Å². The Morgan fingerprint density at radius 2 is 2.00 bits per heavy atom. The third-order valence-corrected chi connectivity index (χ3v) is 3.22. The van der Waals surface area contributed by atoms with E-state index >= 15 is 0 Å². The number of unbranched alkanes of at least 4 members (excludes halogenated alkanes) is 1. The van der Waals surface area contributed by atoms with Crippen LogP contribution in [0.15, 0.2) is 0 Å². The molecule has 0 bridgehead atoms. The summed E-state index contributed by atoms with van der Waals surface area (Å²) in [7, 11) is 0. The van der Waals surface area contributed by atoms with Gasteiger partial charge >= 0.3 is 0 Å². The van der Waals surface area contributed by atoms with Gasteiger partial charge < -0.3 is 5.11 Å². The van der Waals surface area contributed by atoms with E-state index in [0.29, 0.717) is 0 Å². The maximum atomic E-state index is 9.96. The van der Waals surface area contributed by atoms with E-state index in [9.17, 15) is 5.11 Å². The molecule has 1 fully saturated rings. The lowest BCUT2D eigenvalue weighted by Crippen LogP contribution is -2.45. The van der Waals surface area contributed by atoms with Crippen molar-refractivity contribution in [2.75, 3.05) is 0 Å². The molecule has 0 aromatic carbocycles. The Labute approximate surface area is 76.2 Å². The van der Waals surface area contributed by atoms with E-state index in [2.05, 4.69) is 20.8 Å². The van der Waals surface area contributed by atoms with Crippen molar-refractivity contribution in [1.29, 1.82) is 0 Å². The van der Waals surface area contributed by atoms with Crippen molar-refractivity contribution in [3.05, 3.63) is 0 Å². The second kappa shape index (κ2) is 3.78. The summed E-state index contributed by atoms with van der Waals surface area (Å²) < 4.78 is 0. The van der Waals surface area contributed by atoms with Crippen LogP contribution in [0.3, 0.4) is 0 Å². The average molecular weight is 170 g/mol. The maximum absolute atomic E-state index is 9.96. The predicted octanol–water partition coefficient (Wildman–Crippen LogP) is 2.97. The Bertz CT molecular complexity index is 134. The van der Waals surface area contributed by atoms with Crippen LogP contribution in [-0.4, -0.2) is 10.7 Å². The highest BCUT2D eigenvalue weighted by atomic mass is 16.3. The van der Waals surface area contributed by atoms with Gasteiger partial charge in [0, 0.05) is 0 Å². The van der Waals surface area contributed by atoms with Gasteiger partial charge in [-0.25, -0.2) is 0 Å². The SMILES string of the molecule is CCCCC1(O)CC(C(C)C)C1. The first-order valence-electron chi connectivity index (χ1n) is 5.30. The number of hydrogen-bond acceptors (Lipinski definition) is 1. The van der Waals surface area contributed by atoms with Gasteiger partial charge in [-0.2, -0.15) is 0 Å². The molecule has 0 aromatic heterocycles. The summed E-state index contributed by atoms with van der Waals surface area (Å²) in [4.78, 5) is 0. The van der Waals surface area contributed by atoms with Gasteiger partial charge in [0.1, 0.15) is 0 Å². The van der Waals surface area contributed by atoms with Crippen molar-refractivity contribution in [2.45, 2.75) is 58.5 Å². The Morgan fingerprint density at radius 3 is 2.42 bits per heavy atom. The molecule has 0 radical (unpaired) electrons. The molecular weight excluding hydrogens is 148 g/mol. The summed E-state index contributed by atoms with van der Waals surface area (Å²) in [5, 5.41) is 9.96. The Balaban J connectivity index is 2.20. The molecule has 1 rings (SSSR count). The fraction of sp³-hybridized carbons (Fsp3) is 1.00. The van der Waals surface area contributed by atoms with Gasteiger partial charge in [0.2, 0.25) is 0 Å². The van der Waals surface area contributed by atoms with Crippen LogP contribution in [0, 0.1) is 11.8 Å². The van der Waals surface area contributed by atoms with Crippen LogP contribution in [0.1, 0.15) is 52.9 Å². The fourth-order valence-corrected chi connectivity index (χ4v) is 2.10. The molecule has 0 saturated heterocycles. The van der Waals surface area contributed by atoms with Crippen molar-refractivity contribution in [1.82, 2.24) is 0 Å². The standard InChI is InChI=1S/C11H22O/c1-4-5-6-11(12)7-10(8-11)9(2)3/h9-10,12H,4-8H2,1-3H3. The quantitative estimate of drug-likeness (QED) is 0.687. The van der Waals surface area contributed by atoms with Crippen LogP contribution in [0.4, 0.5) is 0 Å². The highest BCUT2D eigenvalue weighted by Gasteiger charge is 2.42. The Morgan fingerprint density at radius 1 is 1.42 bits per heavy atom. The Kier molecular flexibility index (Phi) is 3.16. The van der Waals surface area contributed by atoms with E-state index in [1.807, 2.05) is 0 Å². The molecule has 12 heavy (non-hydrogen) atoms. The molecule has 0 spiro atoms. The first-order valence-corrected chi connectivity index (χ1v) is 5.30. The van der Waals surface area contributed by atoms with E-state index in [-0.39, 0.29) is 5.60 Å². The third kappa shape index (κ3) is 2.22. The van der Waals surface area contributed by atoms with Crippen LogP contribution in [0.2, 0.25) is 0 Å².